The Morgan fingerprint density at radius 2 is 2.20 bits per heavy atom. The van der Waals surface area contributed by atoms with Crippen LogP contribution in [0.5, 0.6) is 5.75 Å². The number of aliphatic hydroxyl groups is 1. The number of carbonyl (C=O) groups is 1. The van der Waals surface area contributed by atoms with Crippen LogP contribution in [-0.2, 0) is 0 Å². The van der Waals surface area contributed by atoms with E-state index in [-0.39, 0.29) is 0 Å². The van der Waals surface area contributed by atoms with Gasteiger partial charge in [-0.15, -0.1) is 0 Å². The Morgan fingerprint density at radius 3 is 2.88 bits per heavy atom. The predicted molar refractivity (Wildman–Crippen MR) is 91.0 cm³/mol. The zero-order chi connectivity index (χ0) is 18.0. The number of amides is 2. The lowest BCUT2D eigenvalue weighted by molar-refractivity contribution is -0.0618. The second-order valence-corrected chi connectivity index (χ2v) is 6.33. The molecule has 7 nitrogen and oxygen atoms in total. The van der Waals surface area contributed by atoms with Crippen LogP contribution in [0.1, 0.15) is 31.0 Å². The molecule has 0 bridgehead atoms. The van der Waals surface area contributed by atoms with Gasteiger partial charge in [0, 0.05) is 11.8 Å². The zero-order valence-electron chi connectivity index (χ0n) is 13.9. The quantitative estimate of drug-likeness (QED) is 0.779. The summed E-state index contributed by atoms with van der Waals surface area (Å²) >= 11 is 0. The highest BCUT2D eigenvalue weighted by Crippen LogP contribution is 2.40. The highest BCUT2D eigenvalue weighted by Gasteiger charge is 2.43. The number of nitrogens with zero attached hydrogens (tertiary/aromatic N) is 2. The number of pyridine rings is 1. The minimum absolute atomic E-state index is 0.425. The van der Waals surface area contributed by atoms with Gasteiger partial charge in [-0.3, -0.25) is 4.98 Å². The molecular weight excluding hydrogens is 320 g/mol. The van der Waals surface area contributed by atoms with Gasteiger partial charge in [-0.1, -0.05) is 0 Å². The molecule has 0 saturated heterocycles. The Kier molecular flexibility index (Phi) is 4.30. The Bertz CT molecular complexity index is 830. The summed E-state index contributed by atoms with van der Waals surface area (Å²) in [5.41, 5.74) is 0.626. The number of aliphatic hydroxyl groups excluding tert-OH is 1. The molecule has 3 rings (SSSR count). The predicted octanol–water partition coefficient (Wildman–Crippen LogP) is 2.35. The van der Waals surface area contributed by atoms with E-state index in [2.05, 4.69) is 21.7 Å². The van der Waals surface area contributed by atoms with Gasteiger partial charge in [0.15, 0.2) is 0 Å². The van der Waals surface area contributed by atoms with E-state index in [1.165, 1.54) is 6.20 Å². The summed E-state index contributed by atoms with van der Waals surface area (Å²) in [4.78, 5) is 16.3. The van der Waals surface area contributed by atoms with Crippen LogP contribution in [0.25, 0.3) is 0 Å². The lowest BCUT2D eigenvalue weighted by atomic mass is 9.86. The van der Waals surface area contributed by atoms with E-state index in [9.17, 15) is 9.90 Å². The molecule has 0 radical (unpaired) electrons. The van der Waals surface area contributed by atoms with E-state index in [1.54, 1.807) is 50.4 Å². The van der Waals surface area contributed by atoms with Crippen molar-refractivity contribution in [2.24, 2.45) is 0 Å². The van der Waals surface area contributed by atoms with Gasteiger partial charge in [0.05, 0.1) is 29.6 Å². The molecule has 2 amide bonds. The van der Waals surface area contributed by atoms with Crippen LogP contribution in [0, 0.1) is 11.3 Å². The van der Waals surface area contributed by atoms with E-state index < -0.39 is 23.8 Å². The van der Waals surface area contributed by atoms with Gasteiger partial charge in [-0.25, -0.2) is 4.79 Å². The second-order valence-electron chi connectivity index (χ2n) is 6.33. The summed E-state index contributed by atoms with van der Waals surface area (Å²) in [6.45, 7) is 3.49. The zero-order valence-corrected chi connectivity index (χ0v) is 13.9. The number of nitriles is 1. The molecule has 0 saturated carbocycles. The molecule has 0 unspecified atom stereocenters. The number of hydrogen-bond acceptors (Lipinski definition) is 5. The van der Waals surface area contributed by atoms with Gasteiger partial charge in [0.25, 0.3) is 0 Å². The second kappa shape index (κ2) is 6.42. The molecule has 128 valence electrons. The molecule has 2 heterocycles. The number of benzene rings is 1. The van der Waals surface area contributed by atoms with Crippen molar-refractivity contribution in [3.63, 3.8) is 0 Å². The molecule has 2 aromatic rings. The highest BCUT2D eigenvalue weighted by molar-refractivity contribution is 5.89. The Balaban J connectivity index is 1.88. The molecular formula is C18H18N4O3. The van der Waals surface area contributed by atoms with Crippen molar-refractivity contribution >= 4 is 11.7 Å². The molecule has 7 heteroatoms. The maximum absolute atomic E-state index is 12.3. The largest absolute Gasteiger partial charge is 0.485 e. The summed E-state index contributed by atoms with van der Waals surface area (Å²) in [6, 6.07) is 9.19. The van der Waals surface area contributed by atoms with Gasteiger partial charge in [0.2, 0.25) is 0 Å². The van der Waals surface area contributed by atoms with Crippen LogP contribution in [0.4, 0.5) is 10.5 Å². The van der Waals surface area contributed by atoms with Crippen molar-refractivity contribution < 1.29 is 14.6 Å². The highest BCUT2D eigenvalue weighted by atomic mass is 16.5. The van der Waals surface area contributed by atoms with Gasteiger partial charge < -0.3 is 20.5 Å². The number of aromatic nitrogens is 1. The topological polar surface area (TPSA) is 107 Å². The summed E-state index contributed by atoms with van der Waals surface area (Å²) in [7, 11) is 0. The molecule has 0 fully saturated rings. The van der Waals surface area contributed by atoms with Crippen LogP contribution in [0.2, 0.25) is 0 Å². The Labute approximate surface area is 145 Å². The van der Waals surface area contributed by atoms with Crippen molar-refractivity contribution in [1.82, 2.24) is 10.3 Å². The average molecular weight is 338 g/mol. The van der Waals surface area contributed by atoms with Crippen molar-refractivity contribution in [3.8, 4) is 11.8 Å². The Hall–Kier alpha value is -3.11. The Morgan fingerprint density at radius 1 is 1.40 bits per heavy atom. The minimum Gasteiger partial charge on any atom is -0.485 e. The van der Waals surface area contributed by atoms with E-state index in [1.807, 2.05) is 0 Å². The third-order valence-corrected chi connectivity index (χ3v) is 4.08. The van der Waals surface area contributed by atoms with Gasteiger partial charge in [-0.05, 0) is 44.2 Å². The SMILES string of the molecule is CC1(C)Oc2ccc(C#N)cc2[C@H](NC(=O)Nc2cccnc2)[C@H]1O. The van der Waals surface area contributed by atoms with Gasteiger partial charge >= 0.3 is 6.03 Å². The molecule has 2 atom stereocenters. The molecule has 0 aliphatic carbocycles. The molecule has 0 spiro atoms. The molecule has 1 aromatic carbocycles. The molecule has 25 heavy (non-hydrogen) atoms. The number of rotatable bonds is 2. The maximum atomic E-state index is 12.3. The first-order chi connectivity index (χ1) is 11.9. The van der Waals surface area contributed by atoms with Crippen molar-refractivity contribution in [1.29, 1.82) is 5.26 Å². The number of anilines is 1. The van der Waals surface area contributed by atoms with Crippen molar-refractivity contribution in [3.05, 3.63) is 53.9 Å². The average Bonchev–Trinajstić information content (AvgIpc) is 2.59. The normalized spacial score (nSPS) is 20.6. The number of carbonyl (C=O) groups excluding carboxylic acids is 1. The van der Waals surface area contributed by atoms with E-state index >= 15 is 0 Å². The fraction of sp³-hybridized carbons (Fsp3) is 0.278. The first-order valence-electron chi connectivity index (χ1n) is 7.79. The molecule has 1 aliphatic rings. The summed E-state index contributed by atoms with van der Waals surface area (Å²) in [6.07, 6.45) is 2.13. The molecule has 1 aromatic heterocycles. The summed E-state index contributed by atoms with van der Waals surface area (Å²) in [5.74, 6) is 0.529. The monoisotopic (exact) mass is 338 g/mol. The maximum Gasteiger partial charge on any atom is 0.319 e. The number of nitrogens with one attached hydrogen (secondary N) is 2. The summed E-state index contributed by atoms with van der Waals surface area (Å²) < 4.78 is 5.82. The van der Waals surface area contributed by atoms with E-state index in [0.29, 0.717) is 22.6 Å². The van der Waals surface area contributed by atoms with Crippen LogP contribution >= 0.6 is 0 Å². The third kappa shape index (κ3) is 3.39. The lowest BCUT2D eigenvalue weighted by Gasteiger charge is -2.42. The fourth-order valence-electron chi connectivity index (χ4n) is 2.77. The van der Waals surface area contributed by atoms with Crippen LogP contribution < -0.4 is 15.4 Å². The van der Waals surface area contributed by atoms with Gasteiger partial charge in [-0.2, -0.15) is 5.26 Å². The van der Waals surface area contributed by atoms with Gasteiger partial charge in [0.1, 0.15) is 17.5 Å². The molecule has 1 aliphatic heterocycles. The minimum atomic E-state index is -0.992. The number of hydrogen-bond donors (Lipinski definition) is 3. The first-order valence-corrected chi connectivity index (χ1v) is 7.79. The van der Waals surface area contributed by atoms with Crippen molar-refractivity contribution in [2.75, 3.05) is 5.32 Å². The smallest absolute Gasteiger partial charge is 0.319 e. The third-order valence-electron chi connectivity index (χ3n) is 4.08. The van der Waals surface area contributed by atoms with Crippen LogP contribution in [-0.4, -0.2) is 27.8 Å². The van der Waals surface area contributed by atoms with E-state index in [0.717, 1.165) is 0 Å². The standard InChI is InChI=1S/C18H18N4O3/c1-18(2)16(23)15(13-8-11(9-19)5-6-14(13)25-18)22-17(24)21-12-4-3-7-20-10-12/h3-8,10,15-16,23H,1-2H3,(H2,21,22,24)/t15-,16+/m0/s1. The number of ether oxygens (including phenoxy) is 1. The lowest BCUT2D eigenvalue weighted by Crippen LogP contribution is -2.54. The van der Waals surface area contributed by atoms with E-state index in [4.69, 9.17) is 10.00 Å². The van der Waals surface area contributed by atoms with Crippen LogP contribution in [0.3, 0.4) is 0 Å². The first kappa shape index (κ1) is 16.7. The fourth-order valence-corrected chi connectivity index (χ4v) is 2.77. The summed E-state index contributed by atoms with van der Waals surface area (Å²) in [5, 5.41) is 25.2. The molecule has 3 N–H and O–H groups in total. The van der Waals surface area contributed by atoms with Crippen molar-refractivity contribution in [2.45, 2.75) is 31.6 Å². The number of fused-ring (bicyclic) bond motifs is 1. The van der Waals surface area contributed by atoms with Crippen LogP contribution in [0.15, 0.2) is 42.7 Å². The number of urea groups is 1.